The highest BCUT2D eigenvalue weighted by Crippen LogP contribution is 2.62. The molecular weight excluding hydrogens is 536 g/mol. The third-order valence-corrected chi connectivity index (χ3v) is 9.07. The summed E-state index contributed by atoms with van der Waals surface area (Å²) in [5, 5.41) is 3.10. The molecule has 214 valence electrons. The van der Waals surface area contributed by atoms with Gasteiger partial charge in [-0.2, -0.15) is 0 Å². The smallest absolute Gasteiger partial charge is 0.238 e. The molecule has 43 heavy (non-hydrogen) atoms. The van der Waals surface area contributed by atoms with Crippen LogP contribution in [0.1, 0.15) is 62.4 Å². The number of nitrogens with zero attached hydrogens (tertiary/aromatic N) is 1. The first-order valence-electron chi connectivity index (χ1n) is 14.8. The normalized spacial score (nSPS) is 23.0. The number of benzene rings is 4. The summed E-state index contributed by atoms with van der Waals surface area (Å²) in [5.74, 6) is -1.04. The molecule has 0 aromatic heterocycles. The summed E-state index contributed by atoms with van der Waals surface area (Å²) < 4.78 is 5.77. The molecule has 3 aliphatic rings. The van der Waals surface area contributed by atoms with E-state index in [9.17, 15) is 14.4 Å². The van der Waals surface area contributed by atoms with Crippen molar-refractivity contribution >= 4 is 29.2 Å². The summed E-state index contributed by atoms with van der Waals surface area (Å²) in [4.78, 5) is 46.1. The third kappa shape index (κ3) is 4.04. The first-order chi connectivity index (χ1) is 20.9. The molecule has 1 amide bonds. The molecular formula is C37H32N2O4. The fourth-order valence-electron chi connectivity index (χ4n) is 7.17. The van der Waals surface area contributed by atoms with Gasteiger partial charge in [0.15, 0.2) is 11.6 Å². The number of ether oxygens (including phenoxy) is 1. The van der Waals surface area contributed by atoms with Crippen LogP contribution in [-0.2, 0) is 10.2 Å². The predicted molar refractivity (Wildman–Crippen MR) is 166 cm³/mol. The Bertz CT molecular complexity index is 1780. The Morgan fingerprint density at radius 3 is 2.30 bits per heavy atom. The monoisotopic (exact) mass is 568 g/mol. The number of aryl methyl sites for hydroxylation is 1. The largest absolute Gasteiger partial charge is 0.494 e. The zero-order chi connectivity index (χ0) is 29.7. The second kappa shape index (κ2) is 10.4. The van der Waals surface area contributed by atoms with Crippen LogP contribution in [-0.4, -0.2) is 35.0 Å². The number of carbonyl (C=O) groups is 3. The molecule has 0 unspecified atom stereocenters. The topological polar surface area (TPSA) is 75.7 Å². The number of para-hydroxylation sites is 1. The quantitative estimate of drug-likeness (QED) is 0.249. The molecule has 6 nitrogen and oxygen atoms in total. The van der Waals surface area contributed by atoms with Crippen LogP contribution in [0.4, 0.5) is 5.69 Å². The summed E-state index contributed by atoms with van der Waals surface area (Å²) in [6.45, 7) is 4.58. The van der Waals surface area contributed by atoms with Crippen LogP contribution in [0.2, 0.25) is 0 Å². The Morgan fingerprint density at radius 1 is 0.860 bits per heavy atom. The number of anilines is 1. The second-order valence-corrected chi connectivity index (χ2v) is 11.6. The molecule has 0 bridgehead atoms. The first-order valence-corrected chi connectivity index (χ1v) is 14.8. The number of amides is 1. The lowest BCUT2D eigenvalue weighted by molar-refractivity contribution is -0.122. The lowest BCUT2D eigenvalue weighted by Crippen LogP contribution is -2.49. The third-order valence-electron chi connectivity index (χ3n) is 9.07. The van der Waals surface area contributed by atoms with Gasteiger partial charge < -0.3 is 15.0 Å². The van der Waals surface area contributed by atoms with E-state index in [4.69, 9.17) is 4.74 Å². The number of nitrogens with one attached hydrogen (secondary N) is 1. The molecule has 7 rings (SSSR count). The minimum absolute atomic E-state index is 0.190. The maximum absolute atomic E-state index is 14.9. The molecule has 1 saturated heterocycles. The van der Waals surface area contributed by atoms with Gasteiger partial charge in [-0.15, -0.1) is 0 Å². The van der Waals surface area contributed by atoms with Crippen molar-refractivity contribution in [2.45, 2.75) is 37.8 Å². The van der Waals surface area contributed by atoms with E-state index >= 15 is 0 Å². The molecule has 3 aliphatic heterocycles. The standard InChI is InChI=1S/C37H32N2O4/c1-3-22-43-27-18-16-25(17-19-27)33(40)31-32(34(41)26-14-12-23(2)13-15-26)39-21-20-24-8-4-5-9-28(24)35(39)37(31)29-10-6-7-11-30(29)38-36(37)42/h4-21,31-32,35H,3,22H2,1-2H3,(H,38,42)/t31-,32+,35-,37-/m0/s1. The molecule has 6 heteroatoms. The van der Waals surface area contributed by atoms with E-state index in [-0.39, 0.29) is 17.5 Å². The van der Waals surface area contributed by atoms with Gasteiger partial charge in [-0.3, -0.25) is 14.4 Å². The number of fused-ring (bicyclic) bond motifs is 6. The predicted octanol–water partition coefficient (Wildman–Crippen LogP) is 6.77. The lowest BCUT2D eigenvalue weighted by atomic mass is 9.62. The molecule has 0 radical (unpaired) electrons. The van der Waals surface area contributed by atoms with Crippen LogP contribution in [0, 0.1) is 12.8 Å². The zero-order valence-corrected chi connectivity index (χ0v) is 24.1. The Morgan fingerprint density at radius 2 is 1.53 bits per heavy atom. The maximum Gasteiger partial charge on any atom is 0.238 e. The number of carbonyl (C=O) groups excluding carboxylic acids is 3. The number of ketones is 2. The van der Waals surface area contributed by atoms with E-state index in [1.807, 2.05) is 104 Å². The van der Waals surface area contributed by atoms with Gasteiger partial charge in [0.1, 0.15) is 17.2 Å². The maximum atomic E-state index is 14.9. The molecule has 4 aromatic carbocycles. The number of hydrogen-bond acceptors (Lipinski definition) is 5. The molecule has 4 atom stereocenters. The Labute approximate surface area is 251 Å². The number of rotatable bonds is 7. The average molecular weight is 569 g/mol. The van der Waals surface area contributed by atoms with Crippen LogP contribution in [0.15, 0.2) is 103 Å². The van der Waals surface area contributed by atoms with Crippen LogP contribution in [0.5, 0.6) is 5.75 Å². The van der Waals surface area contributed by atoms with Crippen molar-refractivity contribution in [2.24, 2.45) is 5.92 Å². The number of hydrogen-bond donors (Lipinski definition) is 1. The van der Waals surface area contributed by atoms with Crippen molar-refractivity contribution in [1.82, 2.24) is 4.90 Å². The second-order valence-electron chi connectivity index (χ2n) is 11.6. The molecule has 4 aromatic rings. The molecule has 3 heterocycles. The molecule has 0 saturated carbocycles. The van der Waals surface area contributed by atoms with Crippen molar-refractivity contribution < 1.29 is 19.1 Å². The van der Waals surface area contributed by atoms with E-state index in [1.165, 1.54) is 0 Å². The molecule has 1 spiro atoms. The van der Waals surface area contributed by atoms with E-state index in [2.05, 4.69) is 5.32 Å². The zero-order valence-electron chi connectivity index (χ0n) is 24.1. The van der Waals surface area contributed by atoms with Gasteiger partial charge in [0.05, 0.1) is 18.6 Å². The van der Waals surface area contributed by atoms with Gasteiger partial charge in [-0.25, -0.2) is 0 Å². The van der Waals surface area contributed by atoms with E-state index in [0.29, 0.717) is 29.2 Å². The average Bonchev–Trinajstić information content (AvgIpc) is 3.52. The Kier molecular flexibility index (Phi) is 6.50. The van der Waals surface area contributed by atoms with E-state index in [0.717, 1.165) is 28.7 Å². The van der Waals surface area contributed by atoms with Gasteiger partial charge >= 0.3 is 0 Å². The van der Waals surface area contributed by atoms with Crippen molar-refractivity contribution in [3.05, 3.63) is 137 Å². The van der Waals surface area contributed by atoms with Crippen LogP contribution >= 0.6 is 0 Å². The van der Waals surface area contributed by atoms with Crippen LogP contribution < -0.4 is 10.1 Å². The minimum atomic E-state index is -1.35. The van der Waals surface area contributed by atoms with E-state index < -0.39 is 23.4 Å². The van der Waals surface area contributed by atoms with Crippen molar-refractivity contribution in [2.75, 3.05) is 11.9 Å². The highest BCUT2D eigenvalue weighted by molar-refractivity contribution is 6.16. The van der Waals surface area contributed by atoms with Gasteiger partial charge in [-0.1, -0.05) is 79.2 Å². The Balaban J connectivity index is 1.47. The summed E-state index contributed by atoms with van der Waals surface area (Å²) >= 11 is 0. The van der Waals surface area contributed by atoms with Crippen molar-refractivity contribution in [1.29, 1.82) is 0 Å². The highest BCUT2D eigenvalue weighted by Gasteiger charge is 2.70. The van der Waals surface area contributed by atoms with Gasteiger partial charge in [0.25, 0.3) is 0 Å². The summed E-state index contributed by atoms with van der Waals surface area (Å²) in [5.41, 5.74) is 3.91. The summed E-state index contributed by atoms with van der Waals surface area (Å²) in [6.07, 6.45) is 4.74. The molecule has 0 aliphatic carbocycles. The van der Waals surface area contributed by atoms with Crippen LogP contribution in [0.3, 0.4) is 0 Å². The number of Topliss-reactive ketones (excluding diaryl/α,β-unsaturated/α-hetero) is 2. The minimum Gasteiger partial charge on any atom is -0.494 e. The van der Waals surface area contributed by atoms with Gasteiger partial charge in [0, 0.05) is 23.0 Å². The lowest BCUT2D eigenvalue weighted by Gasteiger charge is -2.38. The van der Waals surface area contributed by atoms with Crippen molar-refractivity contribution in [3.63, 3.8) is 0 Å². The SMILES string of the molecule is CCCOc1ccc(C(=O)[C@@H]2[C@H](C(=O)c3ccc(C)cc3)N3C=Cc4ccccc4[C@H]3[C@@]23C(=O)Nc2ccccc23)cc1. The van der Waals surface area contributed by atoms with Crippen LogP contribution in [0.25, 0.3) is 6.08 Å². The fourth-order valence-corrected chi connectivity index (χ4v) is 7.17. The van der Waals surface area contributed by atoms with Crippen molar-refractivity contribution in [3.8, 4) is 5.75 Å². The molecule has 1 fully saturated rings. The Hall–Kier alpha value is -4.97. The first kappa shape index (κ1) is 26.9. The highest BCUT2D eigenvalue weighted by atomic mass is 16.5. The fraction of sp³-hybridized carbons (Fsp3) is 0.216. The summed E-state index contributed by atoms with van der Waals surface area (Å²) in [6, 6.07) is 28.5. The van der Waals surface area contributed by atoms with E-state index in [1.54, 1.807) is 24.3 Å². The molecule has 1 N–H and O–H groups in total. The summed E-state index contributed by atoms with van der Waals surface area (Å²) in [7, 11) is 0. The van der Waals surface area contributed by atoms with Gasteiger partial charge in [-0.05, 0) is 66.4 Å². The van der Waals surface area contributed by atoms with Gasteiger partial charge in [0.2, 0.25) is 5.91 Å².